The Kier molecular flexibility index (Phi) is 5.11. The van der Waals surface area contributed by atoms with Gasteiger partial charge in [0.1, 0.15) is 18.2 Å². The van der Waals surface area contributed by atoms with Crippen LogP contribution >= 0.6 is 0 Å². The molecule has 1 aromatic carbocycles. The normalized spacial score (nSPS) is 10.6. The lowest BCUT2D eigenvalue weighted by Crippen LogP contribution is -2.00. The zero-order valence-corrected chi connectivity index (χ0v) is 10.1. The Morgan fingerprint density at radius 1 is 1.50 bits per heavy atom. The fraction of sp³-hybridized carbons (Fsp3) is 0.214. The highest BCUT2D eigenvalue weighted by Gasteiger charge is 2.01. The average Bonchev–Trinajstić information content (AvgIpc) is 2.33. The topological polar surface area (TPSA) is 46.5 Å². The molecule has 0 bridgehead atoms. The molecule has 0 atom stereocenters. The summed E-state index contributed by atoms with van der Waals surface area (Å²) in [5, 5.41) is 8.50. The van der Waals surface area contributed by atoms with Crippen molar-refractivity contribution in [1.82, 2.24) is 0 Å². The maximum atomic E-state index is 13.3. The molecule has 96 valence electrons. The molecular formula is C14H15FO3. The number of carboxylic acid groups (broad SMARTS) is 1. The standard InChI is InChI=1S/C14H15FO3/c1-3-10(2)9-18-13-7-11(4-5-14(16)17)6-12(15)8-13/h4-8H,2-3,9H2,1H3,(H,16,17)/b5-4+. The maximum absolute atomic E-state index is 13.3. The van der Waals surface area contributed by atoms with Gasteiger partial charge in [0.25, 0.3) is 0 Å². The van der Waals surface area contributed by atoms with E-state index in [1.807, 2.05) is 6.92 Å². The second-order valence-electron chi connectivity index (χ2n) is 3.78. The van der Waals surface area contributed by atoms with Crippen LogP contribution in [0.2, 0.25) is 0 Å². The van der Waals surface area contributed by atoms with Crippen molar-refractivity contribution in [2.45, 2.75) is 13.3 Å². The van der Waals surface area contributed by atoms with Crippen LogP contribution in [-0.2, 0) is 4.79 Å². The number of hydrogen-bond donors (Lipinski definition) is 1. The molecule has 0 unspecified atom stereocenters. The second kappa shape index (κ2) is 6.59. The van der Waals surface area contributed by atoms with Crippen molar-refractivity contribution in [2.24, 2.45) is 0 Å². The van der Waals surface area contributed by atoms with Crippen LogP contribution in [0.3, 0.4) is 0 Å². The molecule has 18 heavy (non-hydrogen) atoms. The van der Waals surface area contributed by atoms with Crippen LogP contribution in [0.5, 0.6) is 5.75 Å². The molecule has 0 saturated heterocycles. The van der Waals surface area contributed by atoms with Gasteiger partial charge in [-0.15, -0.1) is 0 Å². The van der Waals surface area contributed by atoms with Crippen LogP contribution in [0.25, 0.3) is 6.08 Å². The first kappa shape index (κ1) is 14.0. The zero-order valence-electron chi connectivity index (χ0n) is 10.1. The summed E-state index contributed by atoms with van der Waals surface area (Å²) in [5.41, 5.74) is 1.34. The number of hydrogen-bond acceptors (Lipinski definition) is 2. The van der Waals surface area contributed by atoms with Crippen molar-refractivity contribution in [2.75, 3.05) is 6.61 Å². The Hall–Kier alpha value is -2.10. The van der Waals surface area contributed by atoms with Gasteiger partial charge in [-0.1, -0.05) is 13.5 Å². The summed E-state index contributed by atoms with van der Waals surface area (Å²) >= 11 is 0. The van der Waals surface area contributed by atoms with Gasteiger partial charge in [0, 0.05) is 12.1 Å². The molecule has 4 heteroatoms. The molecule has 0 fully saturated rings. The number of carbonyl (C=O) groups is 1. The lowest BCUT2D eigenvalue weighted by molar-refractivity contribution is -0.131. The first-order valence-corrected chi connectivity index (χ1v) is 5.52. The Bertz CT molecular complexity index is 478. The van der Waals surface area contributed by atoms with Crippen LogP contribution in [0.1, 0.15) is 18.9 Å². The Morgan fingerprint density at radius 2 is 2.22 bits per heavy atom. The molecule has 3 nitrogen and oxygen atoms in total. The van der Waals surface area contributed by atoms with Crippen LogP contribution in [0.15, 0.2) is 36.4 Å². The monoisotopic (exact) mass is 250 g/mol. The van der Waals surface area contributed by atoms with Crippen LogP contribution in [-0.4, -0.2) is 17.7 Å². The average molecular weight is 250 g/mol. The molecule has 1 N–H and O–H groups in total. The van der Waals surface area contributed by atoms with E-state index in [-0.39, 0.29) is 0 Å². The van der Waals surface area contributed by atoms with E-state index in [2.05, 4.69) is 6.58 Å². The van der Waals surface area contributed by atoms with Crippen LogP contribution in [0.4, 0.5) is 4.39 Å². The number of rotatable bonds is 6. The third-order valence-electron chi connectivity index (χ3n) is 2.25. The molecule has 1 rings (SSSR count). The van der Waals surface area contributed by atoms with E-state index in [1.165, 1.54) is 18.2 Å². The van der Waals surface area contributed by atoms with Gasteiger partial charge in [-0.25, -0.2) is 9.18 Å². The van der Waals surface area contributed by atoms with Gasteiger partial charge in [-0.2, -0.15) is 0 Å². The molecule has 0 radical (unpaired) electrons. The molecule has 0 aromatic heterocycles. The predicted octanol–water partition coefficient (Wildman–Crippen LogP) is 3.27. The highest BCUT2D eigenvalue weighted by atomic mass is 19.1. The zero-order chi connectivity index (χ0) is 13.5. The number of carboxylic acids is 1. The van der Waals surface area contributed by atoms with Gasteiger partial charge in [-0.3, -0.25) is 0 Å². The van der Waals surface area contributed by atoms with Crippen molar-refractivity contribution < 1.29 is 19.0 Å². The van der Waals surface area contributed by atoms with E-state index in [4.69, 9.17) is 9.84 Å². The number of halogens is 1. The minimum atomic E-state index is -1.08. The SMILES string of the molecule is C=C(CC)COc1cc(F)cc(/C=C/C(=O)O)c1. The lowest BCUT2D eigenvalue weighted by Gasteiger charge is -2.08. The highest BCUT2D eigenvalue weighted by molar-refractivity contribution is 5.85. The minimum Gasteiger partial charge on any atom is -0.489 e. The summed E-state index contributed by atoms with van der Waals surface area (Å²) in [6.07, 6.45) is 3.05. The van der Waals surface area contributed by atoms with Gasteiger partial charge in [-0.05, 0) is 35.8 Å². The third-order valence-corrected chi connectivity index (χ3v) is 2.25. The molecular weight excluding hydrogens is 235 g/mol. The maximum Gasteiger partial charge on any atom is 0.328 e. The van der Waals surface area contributed by atoms with Gasteiger partial charge >= 0.3 is 5.97 Å². The van der Waals surface area contributed by atoms with Crippen LogP contribution in [0, 0.1) is 5.82 Å². The largest absolute Gasteiger partial charge is 0.489 e. The van der Waals surface area contributed by atoms with Gasteiger partial charge in [0.05, 0.1) is 0 Å². The third kappa shape index (κ3) is 4.82. The molecule has 0 aliphatic heterocycles. The van der Waals surface area contributed by atoms with Gasteiger partial charge < -0.3 is 9.84 Å². The number of aliphatic carboxylic acids is 1. The fourth-order valence-corrected chi connectivity index (χ4v) is 1.22. The van der Waals surface area contributed by atoms with Crippen LogP contribution < -0.4 is 4.74 Å². The number of benzene rings is 1. The Labute approximate surface area is 105 Å². The molecule has 0 saturated carbocycles. The summed E-state index contributed by atoms with van der Waals surface area (Å²) in [6.45, 7) is 6.06. The molecule has 0 aliphatic rings. The second-order valence-corrected chi connectivity index (χ2v) is 3.78. The van der Waals surface area contributed by atoms with E-state index in [9.17, 15) is 9.18 Å². The highest BCUT2D eigenvalue weighted by Crippen LogP contribution is 2.18. The summed E-state index contributed by atoms with van der Waals surface area (Å²) in [6, 6.07) is 4.06. The van der Waals surface area contributed by atoms with E-state index in [0.717, 1.165) is 18.1 Å². The smallest absolute Gasteiger partial charge is 0.328 e. The van der Waals surface area contributed by atoms with Gasteiger partial charge in [0.2, 0.25) is 0 Å². The summed E-state index contributed by atoms with van der Waals surface area (Å²) in [7, 11) is 0. The van der Waals surface area contributed by atoms with E-state index < -0.39 is 11.8 Å². The Morgan fingerprint density at radius 3 is 2.83 bits per heavy atom. The molecule has 0 heterocycles. The Balaban J connectivity index is 2.80. The molecule has 0 amide bonds. The van der Waals surface area contributed by atoms with Crippen molar-refractivity contribution in [3.05, 3.63) is 47.8 Å². The summed E-state index contributed by atoms with van der Waals surface area (Å²) < 4.78 is 18.6. The predicted molar refractivity (Wildman–Crippen MR) is 68.0 cm³/mol. The van der Waals surface area contributed by atoms with Crippen molar-refractivity contribution >= 4 is 12.0 Å². The minimum absolute atomic E-state index is 0.321. The first-order chi connectivity index (χ1) is 8.51. The quantitative estimate of drug-likeness (QED) is 0.622. The summed E-state index contributed by atoms with van der Waals surface area (Å²) in [5.74, 6) is -1.20. The van der Waals surface area contributed by atoms with Crippen molar-refractivity contribution in [3.8, 4) is 5.75 Å². The van der Waals surface area contributed by atoms with E-state index in [0.29, 0.717) is 17.9 Å². The fourth-order valence-electron chi connectivity index (χ4n) is 1.22. The van der Waals surface area contributed by atoms with Crippen molar-refractivity contribution in [1.29, 1.82) is 0 Å². The molecule has 0 aliphatic carbocycles. The van der Waals surface area contributed by atoms with E-state index >= 15 is 0 Å². The summed E-state index contributed by atoms with van der Waals surface area (Å²) in [4.78, 5) is 10.4. The lowest BCUT2D eigenvalue weighted by atomic mass is 10.2. The number of ether oxygens (including phenoxy) is 1. The van der Waals surface area contributed by atoms with Gasteiger partial charge in [0.15, 0.2) is 0 Å². The molecule has 0 spiro atoms. The first-order valence-electron chi connectivity index (χ1n) is 5.52. The van der Waals surface area contributed by atoms with E-state index in [1.54, 1.807) is 6.07 Å². The van der Waals surface area contributed by atoms with Crippen molar-refractivity contribution in [3.63, 3.8) is 0 Å². The molecule has 1 aromatic rings.